The van der Waals surface area contributed by atoms with E-state index < -0.39 is 76.2 Å². The Bertz CT molecular complexity index is 1540. The minimum atomic E-state index is -4.40. The molecule has 0 radical (unpaired) electrons. The first kappa shape index (κ1) is 12.4. The van der Waals surface area contributed by atoms with Gasteiger partial charge in [-0.15, -0.1) is 0 Å². The van der Waals surface area contributed by atoms with E-state index in [0.29, 0.717) is 26.2 Å². The first-order chi connectivity index (χ1) is 18.4. The first-order valence-corrected chi connectivity index (χ1v) is 11.7. The van der Waals surface area contributed by atoms with Gasteiger partial charge in [0.25, 0.3) is 0 Å². The molecule has 0 spiro atoms. The van der Waals surface area contributed by atoms with Gasteiger partial charge in [-0.3, -0.25) is 0 Å². The monoisotopic (exact) mass is 453 g/mol. The molecule has 0 aliphatic carbocycles. The number of hydrogen-bond donors (Lipinski definition) is 0. The third kappa shape index (κ3) is 4.36. The van der Waals surface area contributed by atoms with Gasteiger partial charge >= 0.3 is 0 Å². The molecule has 30 heavy (non-hydrogen) atoms. The molecular formula is C23H29N3O2S2. The van der Waals surface area contributed by atoms with E-state index in [0.717, 1.165) is 16.1 Å². The summed E-state index contributed by atoms with van der Waals surface area (Å²) in [6.45, 7) is -0.0421. The number of hydrogen-bond acceptors (Lipinski definition) is 5. The molecule has 160 valence electrons. The van der Waals surface area contributed by atoms with Crippen LogP contribution in [0.4, 0.5) is 0 Å². The predicted molar refractivity (Wildman–Crippen MR) is 124 cm³/mol. The van der Waals surface area contributed by atoms with Crippen LogP contribution in [0, 0.1) is 0 Å². The summed E-state index contributed by atoms with van der Waals surface area (Å²) in [7, 11) is -0.0531. The molecule has 0 aromatic heterocycles. The van der Waals surface area contributed by atoms with Crippen LogP contribution in [0.15, 0.2) is 63.0 Å². The van der Waals surface area contributed by atoms with Gasteiger partial charge in [-0.25, -0.2) is 12.7 Å². The number of nitrogens with zero attached hydrogens (tertiary/aromatic N) is 3. The molecule has 7 heteroatoms. The van der Waals surface area contributed by atoms with Crippen molar-refractivity contribution in [2.45, 2.75) is 21.1 Å². The number of piperazine rings is 1. The Hall–Kier alpha value is -1.64. The molecule has 2 aromatic rings. The van der Waals surface area contributed by atoms with Crippen LogP contribution < -0.4 is 0 Å². The van der Waals surface area contributed by atoms with Gasteiger partial charge in [0.15, 0.2) is 0 Å². The zero-order valence-corrected chi connectivity index (χ0v) is 18.6. The fourth-order valence-corrected chi connectivity index (χ4v) is 4.80. The molecule has 1 fully saturated rings. The minimum Gasteiger partial charge on any atom is -0.304 e. The lowest BCUT2D eigenvalue weighted by Crippen LogP contribution is -2.44. The van der Waals surface area contributed by atoms with E-state index in [2.05, 4.69) is 0 Å². The Kier molecular flexibility index (Phi) is 3.66. The molecule has 2 aliphatic heterocycles. The van der Waals surface area contributed by atoms with Gasteiger partial charge in [0, 0.05) is 59.3 Å². The second-order valence-electron chi connectivity index (χ2n) is 7.18. The lowest BCUT2D eigenvalue weighted by molar-refractivity contribution is 0.156. The molecule has 0 amide bonds. The lowest BCUT2D eigenvalue weighted by atomic mass is 9.96. The Morgan fingerprint density at radius 1 is 1.13 bits per heavy atom. The number of fused-ring (bicyclic) bond motifs is 2. The second-order valence-corrected chi connectivity index (χ2v) is 10.3. The van der Waals surface area contributed by atoms with Crippen LogP contribution in [0.5, 0.6) is 0 Å². The number of likely N-dealkylation sites (N-methyl/N-ethyl adjacent to an activating group) is 1. The zero-order chi connectivity index (χ0) is 30.1. The van der Waals surface area contributed by atoms with Gasteiger partial charge < -0.3 is 9.80 Å². The van der Waals surface area contributed by atoms with Crippen LogP contribution in [0.1, 0.15) is 31.3 Å². The van der Waals surface area contributed by atoms with Crippen LogP contribution >= 0.6 is 11.8 Å². The molecule has 2 aromatic carbocycles. The molecule has 0 atom stereocenters. The van der Waals surface area contributed by atoms with Crippen molar-refractivity contribution in [2.75, 3.05) is 53.8 Å². The maximum Gasteiger partial charge on any atom is 0.242 e. The molecule has 2 heterocycles. The van der Waals surface area contributed by atoms with Gasteiger partial charge in [-0.2, -0.15) is 0 Å². The van der Waals surface area contributed by atoms with Crippen molar-refractivity contribution in [2.24, 2.45) is 0 Å². The molecule has 0 unspecified atom stereocenters. The van der Waals surface area contributed by atoms with E-state index in [1.807, 2.05) is 11.9 Å². The molecular weight excluding hydrogens is 414 g/mol. The lowest BCUT2D eigenvalue weighted by Gasteiger charge is -2.32. The van der Waals surface area contributed by atoms with Crippen LogP contribution in [0.25, 0.3) is 5.57 Å². The largest absolute Gasteiger partial charge is 0.304 e. The molecule has 1 saturated heterocycles. The van der Waals surface area contributed by atoms with Crippen LogP contribution in [0.2, 0.25) is 0 Å². The fraction of sp³-hybridized carbons (Fsp3) is 0.391. The molecule has 4 rings (SSSR count). The molecule has 0 saturated carbocycles. The Labute approximate surface area is 198 Å². The normalized spacial score (nSPS) is 24.7. The topological polar surface area (TPSA) is 43.9 Å². The molecule has 2 aliphatic rings. The van der Waals surface area contributed by atoms with E-state index in [4.69, 9.17) is 13.7 Å². The zero-order valence-electron chi connectivity index (χ0n) is 27.0. The van der Waals surface area contributed by atoms with Gasteiger partial charge in [0.05, 0.1) is 15.9 Å². The molecule has 5 nitrogen and oxygen atoms in total. The van der Waals surface area contributed by atoms with Crippen molar-refractivity contribution in [1.29, 1.82) is 0 Å². The number of sulfonamides is 1. The highest BCUT2D eigenvalue weighted by atomic mass is 32.2. The summed E-state index contributed by atoms with van der Waals surface area (Å²) in [5, 5.41) is 0. The summed E-state index contributed by atoms with van der Waals surface area (Å²) in [5.74, 6) is 0. The third-order valence-electron chi connectivity index (χ3n) is 4.92. The van der Waals surface area contributed by atoms with Gasteiger partial charge in [-0.1, -0.05) is 35.9 Å². The summed E-state index contributed by atoms with van der Waals surface area (Å²) in [4.78, 5) is 2.73. The van der Waals surface area contributed by atoms with Crippen molar-refractivity contribution < 1.29 is 22.1 Å². The summed E-state index contributed by atoms with van der Waals surface area (Å²) < 4.78 is 113. The smallest absolute Gasteiger partial charge is 0.242 e. The van der Waals surface area contributed by atoms with E-state index in [1.165, 1.54) is 14.1 Å². The predicted octanol–water partition coefficient (Wildman–Crippen LogP) is 3.47. The van der Waals surface area contributed by atoms with E-state index in [9.17, 15) is 8.42 Å². The van der Waals surface area contributed by atoms with Gasteiger partial charge in [0.2, 0.25) is 10.0 Å². The summed E-state index contributed by atoms with van der Waals surface area (Å²) >= 11 is 0.722. The average molecular weight is 454 g/mol. The van der Waals surface area contributed by atoms with Crippen molar-refractivity contribution in [1.82, 2.24) is 14.1 Å². The highest BCUT2D eigenvalue weighted by Gasteiger charge is 2.25. The molecule has 0 N–H and O–H groups in total. The Morgan fingerprint density at radius 2 is 1.83 bits per heavy atom. The number of benzene rings is 2. The summed E-state index contributed by atoms with van der Waals surface area (Å²) in [6, 6.07) is -4.51. The molecule has 0 bridgehead atoms. The van der Waals surface area contributed by atoms with Crippen molar-refractivity contribution in [3.63, 3.8) is 0 Å². The number of rotatable bonds is 5. The van der Waals surface area contributed by atoms with Crippen molar-refractivity contribution in [3.05, 3.63) is 59.5 Å². The highest BCUT2D eigenvalue weighted by Crippen LogP contribution is 2.46. The third-order valence-corrected chi connectivity index (χ3v) is 7.62. The van der Waals surface area contributed by atoms with E-state index >= 15 is 0 Å². The van der Waals surface area contributed by atoms with E-state index in [1.54, 1.807) is 4.90 Å². The SMILES string of the molecule is [2H]/C(CC([2H])([2H])N1CCN(C)CC1)=C1\c2c([2H])c([2H])c([2H])c([2H])c2Sc2c([2H])c([2H])c(S(=O)(=O)N(C)C)c([2H])c21. The minimum absolute atomic E-state index is 0.0334. The van der Waals surface area contributed by atoms with Crippen LogP contribution in [0.3, 0.4) is 0 Å². The quantitative estimate of drug-likeness (QED) is 0.592. The van der Waals surface area contributed by atoms with Crippen molar-refractivity contribution in [3.8, 4) is 0 Å². The fourth-order valence-electron chi connectivity index (χ4n) is 3.10. The highest BCUT2D eigenvalue weighted by molar-refractivity contribution is 7.99. The Balaban J connectivity index is 2.08. The second kappa shape index (κ2) is 8.85. The Morgan fingerprint density at radius 3 is 2.57 bits per heavy atom. The average Bonchev–Trinajstić information content (AvgIpc) is 2.88. The van der Waals surface area contributed by atoms with Gasteiger partial charge in [-0.05, 0) is 54.3 Å². The summed E-state index contributed by atoms with van der Waals surface area (Å²) in [6.07, 6.45) is -0.524. The standard InChI is InChI=1S/C23H29N3O2S2/c1-24(2)30(27,28)18-10-11-23-21(17-18)19(20-7-4-5-9-22(20)29-23)8-6-12-26-15-13-25(3)14-16-26/h4-5,7-11,17H,6,12-16H2,1-3H3/b19-8-/i4D,5D,7D,8D,9D,10D,11D,12D2,17D. The maximum absolute atomic E-state index is 13.2. The first-order valence-electron chi connectivity index (χ1n) is 14.4. The van der Waals surface area contributed by atoms with Crippen LogP contribution in [-0.4, -0.2) is 76.3 Å². The van der Waals surface area contributed by atoms with Crippen molar-refractivity contribution >= 4 is 27.4 Å². The van der Waals surface area contributed by atoms with E-state index in [-0.39, 0.29) is 26.5 Å². The van der Waals surface area contributed by atoms with Crippen LogP contribution in [-0.2, 0) is 10.0 Å². The maximum atomic E-state index is 13.2. The summed E-state index contributed by atoms with van der Waals surface area (Å²) in [5.41, 5.74) is -0.618. The van der Waals surface area contributed by atoms with Gasteiger partial charge in [0.1, 0.15) is 0 Å².